The van der Waals surface area contributed by atoms with Crippen LogP contribution in [-0.2, 0) is 0 Å². The third kappa shape index (κ3) is 2.85. The largest absolute Gasteiger partial charge is 0.398 e. The smallest absolute Gasteiger partial charge is 0.255 e. The van der Waals surface area contributed by atoms with Gasteiger partial charge >= 0.3 is 0 Å². The predicted octanol–water partition coefficient (Wildman–Crippen LogP) is 1.87. The fourth-order valence-electron chi connectivity index (χ4n) is 2.13. The van der Waals surface area contributed by atoms with Crippen LogP contribution in [0.5, 0.6) is 0 Å². The van der Waals surface area contributed by atoms with E-state index < -0.39 is 6.10 Å². The first-order valence-corrected chi connectivity index (χ1v) is 6.21. The van der Waals surface area contributed by atoms with Crippen molar-refractivity contribution >= 4 is 22.4 Å². The Morgan fingerprint density at radius 2 is 1.89 bits per heavy atom. The van der Waals surface area contributed by atoms with E-state index in [1.54, 1.807) is 26.1 Å². The second-order valence-corrected chi connectivity index (χ2v) is 4.82. The molecule has 0 fully saturated rings. The van der Waals surface area contributed by atoms with Crippen molar-refractivity contribution in [3.05, 3.63) is 42.0 Å². The van der Waals surface area contributed by atoms with Crippen LogP contribution in [-0.4, -0.2) is 35.6 Å². The Morgan fingerprint density at radius 1 is 1.32 bits per heavy atom. The summed E-state index contributed by atoms with van der Waals surface area (Å²) in [4.78, 5) is 13.8. The Bertz CT molecular complexity index is 608. The van der Waals surface area contributed by atoms with Gasteiger partial charge in [-0.3, -0.25) is 4.79 Å². The zero-order valence-electron chi connectivity index (χ0n) is 11.1. The van der Waals surface area contributed by atoms with E-state index in [0.717, 1.165) is 10.8 Å². The summed E-state index contributed by atoms with van der Waals surface area (Å²) in [5.74, 6) is -0.177. The summed E-state index contributed by atoms with van der Waals surface area (Å²) in [6.45, 7) is 1.93. The van der Waals surface area contributed by atoms with Crippen LogP contribution in [0.4, 0.5) is 5.69 Å². The number of carbonyl (C=O) groups is 1. The van der Waals surface area contributed by atoms with Crippen molar-refractivity contribution in [2.24, 2.45) is 0 Å². The highest BCUT2D eigenvalue weighted by Gasteiger charge is 2.16. The van der Waals surface area contributed by atoms with Crippen LogP contribution in [0.3, 0.4) is 0 Å². The fraction of sp³-hybridized carbons (Fsp3) is 0.267. The molecule has 0 spiro atoms. The van der Waals surface area contributed by atoms with E-state index in [2.05, 4.69) is 0 Å². The van der Waals surface area contributed by atoms with Gasteiger partial charge in [0.25, 0.3) is 5.91 Å². The number of benzene rings is 2. The third-order valence-corrected chi connectivity index (χ3v) is 3.03. The van der Waals surface area contributed by atoms with Crippen LogP contribution < -0.4 is 5.73 Å². The highest BCUT2D eigenvalue weighted by atomic mass is 16.3. The Hall–Kier alpha value is -2.07. The van der Waals surface area contributed by atoms with Gasteiger partial charge in [-0.25, -0.2) is 0 Å². The van der Waals surface area contributed by atoms with E-state index in [0.29, 0.717) is 11.3 Å². The van der Waals surface area contributed by atoms with Crippen molar-refractivity contribution in [2.45, 2.75) is 13.0 Å². The van der Waals surface area contributed by atoms with Gasteiger partial charge in [0.05, 0.1) is 11.7 Å². The summed E-state index contributed by atoms with van der Waals surface area (Å²) in [7, 11) is 1.66. The maximum atomic E-state index is 12.3. The Morgan fingerprint density at radius 3 is 2.47 bits per heavy atom. The first-order valence-electron chi connectivity index (χ1n) is 6.21. The van der Waals surface area contributed by atoms with Crippen LogP contribution in [0.25, 0.3) is 10.8 Å². The number of aliphatic hydroxyl groups is 1. The first-order chi connectivity index (χ1) is 8.99. The van der Waals surface area contributed by atoms with Gasteiger partial charge in [0.15, 0.2) is 0 Å². The molecule has 0 heterocycles. The molecule has 4 heteroatoms. The highest BCUT2D eigenvalue weighted by molar-refractivity contribution is 6.03. The lowest BCUT2D eigenvalue weighted by Gasteiger charge is -2.20. The van der Waals surface area contributed by atoms with Gasteiger partial charge in [-0.15, -0.1) is 0 Å². The minimum absolute atomic E-state index is 0.177. The zero-order chi connectivity index (χ0) is 14.0. The number of fused-ring (bicyclic) bond motifs is 1. The number of rotatable bonds is 3. The van der Waals surface area contributed by atoms with Gasteiger partial charge in [-0.05, 0) is 29.8 Å². The molecular weight excluding hydrogens is 240 g/mol. The molecule has 3 N–H and O–H groups in total. The molecule has 4 nitrogen and oxygen atoms in total. The van der Waals surface area contributed by atoms with E-state index in [1.165, 1.54) is 4.90 Å². The molecule has 0 aliphatic heterocycles. The molecule has 2 aromatic carbocycles. The normalized spacial score (nSPS) is 12.4. The van der Waals surface area contributed by atoms with Gasteiger partial charge in [0, 0.05) is 19.3 Å². The molecule has 0 bridgehead atoms. The molecular formula is C15H18N2O2. The van der Waals surface area contributed by atoms with Crippen molar-refractivity contribution in [3.63, 3.8) is 0 Å². The number of nitrogen functional groups attached to an aromatic ring is 1. The quantitative estimate of drug-likeness (QED) is 0.826. The number of hydrogen-bond donors (Lipinski definition) is 2. The van der Waals surface area contributed by atoms with Crippen LogP contribution in [0.15, 0.2) is 36.4 Å². The summed E-state index contributed by atoms with van der Waals surface area (Å²) >= 11 is 0. The van der Waals surface area contributed by atoms with Gasteiger partial charge in [0.1, 0.15) is 0 Å². The number of hydrogen-bond acceptors (Lipinski definition) is 3. The zero-order valence-corrected chi connectivity index (χ0v) is 11.1. The minimum atomic E-state index is -0.560. The molecule has 100 valence electrons. The molecule has 0 aromatic heterocycles. The molecule has 19 heavy (non-hydrogen) atoms. The number of nitrogens with zero attached hydrogens (tertiary/aromatic N) is 1. The number of anilines is 1. The van der Waals surface area contributed by atoms with Crippen molar-refractivity contribution in [1.82, 2.24) is 4.90 Å². The average molecular weight is 258 g/mol. The third-order valence-electron chi connectivity index (χ3n) is 3.03. The standard InChI is InChI=1S/C15H18N2O2/c1-10(18)9-17(2)15(19)13-7-11-5-3-4-6-12(11)8-14(13)16/h3-8,10,18H,9,16H2,1-2H3. The lowest BCUT2D eigenvalue weighted by molar-refractivity contribution is 0.0705. The first kappa shape index (κ1) is 13.4. The molecule has 0 aliphatic carbocycles. The van der Waals surface area contributed by atoms with Crippen LogP contribution >= 0.6 is 0 Å². The lowest BCUT2D eigenvalue weighted by Crippen LogP contribution is -2.33. The van der Waals surface area contributed by atoms with Gasteiger partial charge in [-0.2, -0.15) is 0 Å². The van der Waals surface area contributed by atoms with E-state index in [1.807, 2.05) is 24.3 Å². The van der Waals surface area contributed by atoms with E-state index in [4.69, 9.17) is 5.73 Å². The van der Waals surface area contributed by atoms with E-state index in [-0.39, 0.29) is 12.5 Å². The molecule has 0 saturated carbocycles. The van der Waals surface area contributed by atoms with Crippen LogP contribution in [0.2, 0.25) is 0 Å². The van der Waals surface area contributed by atoms with E-state index >= 15 is 0 Å². The Labute approximate surface area is 112 Å². The molecule has 0 saturated heterocycles. The molecule has 1 atom stereocenters. The second kappa shape index (κ2) is 5.28. The average Bonchev–Trinajstić information content (AvgIpc) is 2.36. The molecule has 0 aliphatic rings. The number of amides is 1. The van der Waals surface area contributed by atoms with Gasteiger partial charge < -0.3 is 15.7 Å². The number of aliphatic hydroxyl groups excluding tert-OH is 1. The summed E-state index contributed by atoms with van der Waals surface area (Å²) in [6, 6.07) is 11.4. The van der Waals surface area contributed by atoms with Crippen molar-refractivity contribution in [3.8, 4) is 0 Å². The molecule has 1 unspecified atom stereocenters. The van der Waals surface area contributed by atoms with E-state index in [9.17, 15) is 9.90 Å². The summed E-state index contributed by atoms with van der Waals surface area (Å²) < 4.78 is 0. The fourth-order valence-corrected chi connectivity index (χ4v) is 2.13. The summed E-state index contributed by atoms with van der Waals surface area (Å²) in [5.41, 5.74) is 6.88. The highest BCUT2D eigenvalue weighted by Crippen LogP contribution is 2.22. The Balaban J connectivity index is 2.39. The van der Waals surface area contributed by atoms with Gasteiger partial charge in [0.2, 0.25) is 0 Å². The van der Waals surface area contributed by atoms with Crippen LogP contribution in [0.1, 0.15) is 17.3 Å². The van der Waals surface area contributed by atoms with Crippen LogP contribution in [0, 0.1) is 0 Å². The molecule has 0 radical (unpaired) electrons. The van der Waals surface area contributed by atoms with Gasteiger partial charge in [-0.1, -0.05) is 24.3 Å². The summed E-state index contributed by atoms with van der Waals surface area (Å²) in [5, 5.41) is 11.3. The maximum absolute atomic E-state index is 12.3. The molecule has 2 rings (SSSR count). The number of carbonyl (C=O) groups excluding carboxylic acids is 1. The summed E-state index contributed by atoms with van der Waals surface area (Å²) in [6.07, 6.45) is -0.560. The topological polar surface area (TPSA) is 66.6 Å². The maximum Gasteiger partial charge on any atom is 0.255 e. The monoisotopic (exact) mass is 258 g/mol. The second-order valence-electron chi connectivity index (χ2n) is 4.82. The predicted molar refractivity (Wildman–Crippen MR) is 77.0 cm³/mol. The SMILES string of the molecule is CC(O)CN(C)C(=O)c1cc2ccccc2cc1N. The number of likely N-dealkylation sites (N-methyl/N-ethyl adjacent to an activating group) is 1. The Kier molecular flexibility index (Phi) is 3.71. The molecule has 2 aromatic rings. The van der Waals surface area contributed by atoms with Crippen molar-refractivity contribution in [2.75, 3.05) is 19.3 Å². The minimum Gasteiger partial charge on any atom is -0.398 e. The van der Waals surface area contributed by atoms with Crippen molar-refractivity contribution < 1.29 is 9.90 Å². The lowest BCUT2D eigenvalue weighted by atomic mass is 10.0. The molecule has 1 amide bonds. The number of nitrogens with two attached hydrogens (primary N) is 1. The van der Waals surface area contributed by atoms with Crippen molar-refractivity contribution in [1.29, 1.82) is 0 Å².